The van der Waals surface area contributed by atoms with Crippen LogP contribution in [0.2, 0.25) is 0 Å². The quantitative estimate of drug-likeness (QED) is 0.877. The second-order valence-corrected chi connectivity index (χ2v) is 4.71. The van der Waals surface area contributed by atoms with Crippen LogP contribution < -0.4 is 5.32 Å². The lowest BCUT2D eigenvalue weighted by Crippen LogP contribution is -2.13. The Morgan fingerprint density at radius 3 is 2.26 bits per heavy atom. The van der Waals surface area contributed by atoms with E-state index in [4.69, 9.17) is 0 Å². The first-order valence-corrected chi connectivity index (χ1v) is 6.24. The Morgan fingerprint density at radius 1 is 1.05 bits per heavy atom. The Labute approximate surface area is 112 Å². The van der Waals surface area contributed by atoms with Gasteiger partial charge in [-0.15, -0.1) is 0 Å². The summed E-state index contributed by atoms with van der Waals surface area (Å²) in [6.07, 6.45) is 0. The third kappa shape index (κ3) is 3.19. The number of anilines is 1. The fraction of sp³-hybridized carbons (Fsp3) is 0.188. The van der Waals surface area contributed by atoms with Crippen LogP contribution in [0.1, 0.15) is 35.7 Å². The smallest absolute Gasteiger partial charge is 0.258 e. The molecule has 0 radical (unpaired) electrons. The summed E-state index contributed by atoms with van der Waals surface area (Å²) in [5.74, 6) is -0.509. The molecule has 0 fully saturated rings. The zero-order valence-electron chi connectivity index (χ0n) is 11.0. The van der Waals surface area contributed by atoms with Crippen molar-refractivity contribution in [2.45, 2.75) is 19.8 Å². The lowest BCUT2D eigenvalue weighted by Gasteiger charge is -2.08. The molecule has 0 saturated carbocycles. The Balaban J connectivity index is 2.13. The van der Waals surface area contributed by atoms with Gasteiger partial charge in [0.1, 0.15) is 5.82 Å². The second-order valence-electron chi connectivity index (χ2n) is 4.71. The molecule has 0 saturated heterocycles. The van der Waals surface area contributed by atoms with Gasteiger partial charge in [0.2, 0.25) is 0 Å². The van der Waals surface area contributed by atoms with Crippen LogP contribution in [-0.4, -0.2) is 5.91 Å². The summed E-state index contributed by atoms with van der Waals surface area (Å²) < 4.78 is 13.5. The van der Waals surface area contributed by atoms with Gasteiger partial charge in [-0.2, -0.15) is 0 Å². The van der Waals surface area contributed by atoms with Crippen LogP contribution in [-0.2, 0) is 0 Å². The maximum absolute atomic E-state index is 13.5. The molecule has 3 heteroatoms. The first-order valence-electron chi connectivity index (χ1n) is 6.24. The van der Waals surface area contributed by atoms with Crippen molar-refractivity contribution in [3.8, 4) is 0 Å². The topological polar surface area (TPSA) is 29.1 Å². The van der Waals surface area contributed by atoms with Gasteiger partial charge in [-0.25, -0.2) is 4.39 Å². The number of halogens is 1. The van der Waals surface area contributed by atoms with Gasteiger partial charge in [-0.3, -0.25) is 4.79 Å². The van der Waals surface area contributed by atoms with Crippen molar-refractivity contribution in [2.75, 3.05) is 5.32 Å². The maximum atomic E-state index is 13.5. The molecular weight excluding hydrogens is 241 g/mol. The molecule has 1 N–H and O–H groups in total. The predicted molar refractivity (Wildman–Crippen MR) is 74.9 cm³/mol. The zero-order chi connectivity index (χ0) is 13.8. The first kappa shape index (κ1) is 13.3. The molecule has 0 atom stereocenters. The summed E-state index contributed by atoms with van der Waals surface area (Å²) in [6, 6.07) is 13.5. The van der Waals surface area contributed by atoms with Crippen molar-refractivity contribution in [1.82, 2.24) is 0 Å². The molecule has 2 nitrogen and oxygen atoms in total. The average molecular weight is 257 g/mol. The largest absolute Gasteiger partial charge is 0.322 e. The van der Waals surface area contributed by atoms with Gasteiger partial charge in [-0.1, -0.05) is 38.1 Å². The monoisotopic (exact) mass is 257 g/mol. The van der Waals surface area contributed by atoms with Gasteiger partial charge >= 0.3 is 0 Å². The van der Waals surface area contributed by atoms with Gasteiger partial charge in [0, 0.05) is 5.69 Å². The lowest BCUT2D eigenvalue weighted by atomic mass is 10.0. The van der Waals surface area contributed by atoms with E-state index in [2.05, 4.69) is 19.2 Å². The van der Waals surface area contributed by atoms with Crippen LogP contribution in [0, 0.1) is 5.82 Å². The molecule has 2 rings (SSSR count). The van der Waals surface area contributed by atoms with E-state index in [1.807, 2.05) is 24.3 Å². The number of carbonyl (C=O) groups is 1. The highest BCUT2D eigenvalue weighted by molar-refractivity contribution is 6.04. The number of amides is 1. The first-order chi connectivity index (χ1) is 9.08. The number of benzene rings is 2. The van der Waals surface area contributed by atoms with Crippen LogP contribution in [0.4, 0.5) is 10.1 Å². The molecule has 0 bridgehead atoms. The van der Waals surface area contributed by atoms with Crippen molar-refractivity contribution in [2.24, 2.45) is 0 Å². The molecular formula is C16H16FNO. The van der Waals surface area contributed by atoms with E-state index in [-0.39, 0.29) is 5.56 Å². The molecule has 2 aromatic carbocycles. The Hall–Kier alpha value is -2.16. The third-order valence-corrected chi connectivity index (χ3v) is 2.95. The second kappa shape index (κ2) is 5.65. The maximum Gasteiger partial charge on any atom is 0.258 e. The average Bonchev–Trinajstić information content (AvgIpc) is 2.39. The molecule has 98 valence electrons. The van der Waals surface area contributed by atoms with Crippen molar-refractivity contribution in [3.05, 3.63) is 65.5 Å². The van der Waals surface area contributed by atoms with Crippen molar-refractivity contribution in [1.29, 1.82) is 0 Å². The molecule has 0 aromatic heterocycles. The van der Waals surface area contributed by atoms with E-state index < -0.39 is 11.7 Å². The van der Waals surface area contributed by atoms with E-state index in [1.165, 1.54) is 17.7 Å². The van der Waals surface area contributed by atoms with Crippen molar-refractivity contribution >= 4 is 11.6 Å². The highest BCUT2D eigenvalue weighted by atomic mass is 19.1. The van der Waals surface area contributed by atoms with Crippen molar-refractivity contribution in [3.63, 3.8) is 0 Å². The van der Waals surface area contributed by atoms with Crippen LogP contribution in [0.25, 0.3) is 0 Å². The Bertz CT molecular complexity index is 576. The summed E-state index contributed by atoms with van der Waals surface area (Å²) in [5, 5.41) is 2.69. The van der Waals surface area contributed by atoms with Gasteiger partial charge in [0.25, 0.3) is 5.91 Å². The number of nitrogens with one attached hydrogen (secondary N) is 1. The van der Waals surface area contributed by atoms with Crippen LogP contribution in [0.5, 0.6) is 0 Å². The Morgan fingerprint density at radius 2 is 1.68 bits per heavy atom. The molecule has 0 unspecified atom stereocenters. The summed E-state index contributed by atoms with van der Waals surface area (Å²) >= 11 is 0. The minimum Gasteiger partial charge on any atom is -0.322 e. The molecule has 0 spiro atoms. The summed E-state index contributed by atoms with van der Waals surface area (Å²) in [4.78, 5) is 11.9. The summed E-state index contributed by atoms with van der Waals surface area (Å²) in [5.41, 5.74) is 1.91. The van der Waals surface area contributed by atoms with Crippen molar-refractivity contribution < 1.29 is 9.18 Å². The lowest BCUT2D eigenvalue weighted by molar-refractivity contribution is 0.102. The SMILES string of the molecule is CC(C)c1ccc(NC(=O)c2ccccc2F)cc1. The highest BCUT2D eigenvalue weighted by Gasteiger charge is 2.10. The van der Waals surface area contributed by atoms with Crippen LogP contribution >= 0.6 is 0 Å². The molecule has 0 aliphatic carbocycles. The number of rotatable bonds is 3. The van der Waals surface area contributed by atoms with Gasteiger partial charge in [0.05, 0.1) is 5.56 Å². The number of hydrogen-bond acceptors (Lipinski definition) is 1. The standard InChI is InChI=1S/C16H16FNO/c1-11(2)12-7-9-13(10-8-12)18-16(19)14-5-3-4-6-15(14)17/h3-11H,1-2H3,(H,18,19). The summed E-state index contributed by atoms with van der Waals surface area (Å²) in [7, 11) is 0. The van der Waals surface area contributed by atoms with Gasteiger partial charge in [-0.05, 0) is 35.7 Å². The molecule has 1 amide bonds. The van der Waals surface area contributed by atoms with E-state index in [9.17, 15) is 9.18 Å². The molecule has 19 heavy (non-hydrogen) atoms. The normalized spacial score (nSPS) is 10.5. The van der Waals surface area contributed by atoms with E-state index in [1.54, 1.807) is 12.1 Å². The molecule has 0 heterocycles. The fourth-order valence-electron chi connectivity index (χ4n) is 1.80. The number of hydrogen-bond donors (Lipinski definition) is 1. The van der Waals surface area contributed by atoms with E-state index >= 15 is 0 Å². The molecule has 2 aromatic rings. The number of carbonyl (C=O) groups excluding carboxylic acids is 1. The van der Waals surface area contributed by atoms with Crippen LogP contribution in [0.15, 0.2) is 48.5 Å². The zero-order valence-corrected chi connectivity index (χ0v) is 11.0. The highest BCUT2D eigenvalue weighted by Crippen LogP contribution is 2.18. The Kier molecular flexibility index (Phi) is 3.95. The van der Waals surface area contributed by atoms with Crippen LogP contribution in [0.3, 0.4) is 0 Å². The summed E-state index contributed by atoms with van der Waals surface area (Å²) in [6.45, 7) is 4.21. The minimum atomic E-state index is -0.515. The van der Waals surface area contributed by atoms with E-state index in [0.29, 0.717) is 11.6 Å². The van der Waals surface area contributed by atoms with Gasteiger partial charge in [0.15, 0.2) is 0 Å². The third-order valence-electron chi connectivity index (χ3n) is 2.95. The molecule has 0 aliphatic heterocycles. The molecule has 0 aliphatic rings. The fourth-order valence-corrected chi connectivity index (χ4v) is 1.80. The van der Waals surface area contributed by atoms with E-state index in [0.717, 1.165) is 0 Å². The predicted octanol–water partition coefficient (Wildman–Crippen LogP) is 4.20. The van der Waals surface area contributed by atoms with Gasteiger partial charge < -0.3 is 5.32 Å². The minimum absolute atomic E-state index is 0.0513.